The molecule has 1 fully saturated rings. The van der Waals surface area contributed by atoms with Gasteiger partial charge >= 0.3 is 0 Å². The lowest BCUT2D eigenvalue weighted by Crippen LogP contribution is -2.08. The summed E-state index contributed by atoms with van der Waals surface area (Å²) in [6.45, 7) is 0. The average Bonchev–Trinajstić information content (AvgIpc) is 2.95. The summed E-state index contributed by atoms with van der Waals surface area (Å²) in [6.07, 6.45) is 8.36. The van der Waals surface area contributed by atoms with Gasteiger partial charge in [-0.3, -0.25) is 0 Å². The summed E-state index contributed by atoms with van der Waals surface area (Å²) in [6, 6.07) is 3.57. The Labute approximate surface area is 122 Å². The molecule has 0 saturated heterocycles. The van der Waals surface area contributed by atoms with E-state index in [0.717, 1.165) is 16.8 Å². The number of hydrogen-bond donors (Lipinski definition) is 1. The summed E-state index contributed by atoms with van der Waals surface area (Å²) >= 11 is 1.93. The Kier molecular flexibility index (Phi) is 4.20. The molecule has 0 amide bonds. The van der Waals surface area contributed by atoms with Gasteiger partial charge in [0.05, 0.1) is 11.4 Å². The number of hydrogen-bond acceptors (Lipinski definition) is 6. The Morgan fingerprint density at radius 3 is 2.95 bits per heavy atom. The summed E-state index contributed by atoms with van der Waals surface area (Å²) in [5, 5.41) is 4.76. The Morgan fingerprint density at radius 1 is 1.30 bits per heavy atom. The molecule has 6 heteroatoms. The van der Waals surface area contributed by atoms with Crippen molar-refractivity contribution in [3.05, 3.63) is 24.2 Å². The molecule has 3 rings (SSSR count). The van der Waals surface area contributed by atoms with Gasteiger partial charge in [-0.2, -0.15) is 16.7 Å². The number of nitrogens with zero attached hydrogens (tertiary/aromatic N) is 3. The maximum absolute atomic E-state index is 5.86. The van der Waals surface area contributed by atoms with Gasteiger partial charge in [0.25, 0.3) is 5.89 Å². The zero-order valence-corrected chi connectivity index (χ0v) is 12.1. The van der Waals surface area contributed by atoms with Crippen molar-refractivity contribution in [1.82, 2.24) is 15.1 Å². The van der Waals surface area contributed by atoms with Gasteiger partial charge in [-0.15, -0.1) is 0 Å². The van der Waals surface area contributed by atoms with E-state index in [4.69, 9.17) is 10.3 Å². The molecule has 2 heterocycles. The predicted molar refractivity (Wildman–Crippen MR) is 80.1 cm³/mol. The van der Waals surface area contributed by atoms with E-state index in [1.165, 1.54) is 32.1 Å². The molecular weight excluding hydrogens is 272 g/mol. The molecule has 0 aliphatic heterocycles. The van der Waals surface area contributed by atoms with Crippen LogP contribution in [-0.2, 0) is 5.75 Å². The Hall–Kier alpha value is -1.56. The number of anilines is 1. The van der Waals surface area contributed by atoms with Crippen molar-refractivity contribution in [2.24, 2.45) is 0 Å². The molecule has 20 heavy (non-hydrogen) atoms. The molecule has 2 aromatic heterocycles. The summed E-state index contributed by atoms with van der Waals surface area (Å²) in [7, 11) is 0. The summed E-state index contributed by atoms with van der Waals surface area (Å²) in [4.78, 5) is 8.57. The van der Waals surface area contributed by atoms with Gasteiger partial charge in [-0.25, -0.2) is 4.98 Å². The largest absolute Gasteiger partial charge is 0.397 e. The van der Waals surface area contributed by atoms with Crippen LogP contribution in [0.15, 0.2) is 22.9 Å². The standard InChI is InChI=1S/C14H18N4OS/c15-11-7-4-8-16-13(11)14-17-12(18-19-14)9-20-10-5-2-1-3-6-10/h4,7-8,10H,1-3,5-6,9,15H2. The van der Waals surface area contributed by atoms with Crippen LogP contribution in [0.5, 0.6) is 0 Å². The predicted octanol–water partition coefficient (Wildman–Crippen LogP) is 3.28. The lowest BCUT2D eigenvalue weighted by atomic mass is 10.0. The highest BCUT2D eigenvalue weighted by molar-refractivity contribution is 7.99. The van der Waals surface area contributed by atoms with E-state index in [2.05, 4.69) is 15.1 Å². The van der Waals surface area contributed by atoms with Gasteiger partial charge < -0.3 is 10.3 Å². The molecule has 106 valence electrons. The molecule has 0 aromatic carbocycles. The van der Waals surface area contributed by atoms with Crippen molar-refractivity contribution >= 4 is 17.4 Å². The van der Waals surface area contributed by atoms with Crippen LogP contribution in [0, 0.1) is 0 Å². The van der Waals surface area contributed by atoms with Crippen molar-refractivity contribution in [1.29, 1.82) is 0 Å². The first-order valence-corrected chi connectivity index (χ1v) is 8.03. The third kappa shape index (κ3) is 3.12. The monoisotopic (exact) mass is 290 g/mol. The minimum Gasteiger partial charge on any atom is -0.397 e. The molecule has 2 N–H and O–H groups in total. The second kappa shape index (κ2) is 6.26. The number of rotatable bonds is 4. The van der Waals surface area contributed by atoms with Crippen molar-refractivity contribution in [3.8, 4) is 11.6 Å². The number of nitrogen functional groups attached to an aromatic ring is 1. The minimum atomic E-state index is 0.405. The molecular formula is C14H18N4OS. The highest BCUT2D eigenvalue weighted by Gasteiger charge is 2.17. The molecule has 0 bridgehead atoms. The third-order valence-electron chi connectivity index (χ3n) is 3.51. The summed E-state index contributed by atoms with van der Waals surface area (Å²) in [5.74, 6) is 1.92. The second-order valence-electron chi connectivity index (χ2n) is 5.03. The summed E-state index contributed by atoms with van der Waals surface area (Å²) < 4.78 is 5.25. The fraction of sp³-hybridized carbons (Fsp3) is 0.500. The van der Waals surface area contributed by atoms with Crippen LogP contribution in [-0.4, -0.2) is 20.4 Å². The van der Waals surface area contributed by atoms with Crippen molar-refractivity contribution < 1.29 is 4.52 Å². The lowest BCUT2D eigenvalue weighted by Gasteiger charge is -2.19. The highest BCUT2D eigenvalue weighted by Crippen LogP contribution is 2.30. The van der Waals surface area contributed by atoms with Crippen LogP contribution < -0.4 is 5.73 Å². The Balaban J connectivity index is 1.63. The molecule has 0 atom stereocenters. The lowest BCUT2D eigenvalue weighted by molar-refractivity contribution is 0.424. The van der Waals surface area contributed by atoms with Gasteiger partial charge in [-0.05, 0) is 25.0 Å². The van der Waals surface area contributed by atoms with Crippen molar-refractivity contribution in [2.75, 3.05) is 5.73 Å². The fourth-order valence-electron chi connectivity index (χ4n) is 2.43. The Morgan fingerprint density at radius 2 is 2.15 bits per heavy atom. The highest BCUT2D eigenvalue weighted by atomic mass is 32.2. The van der Waals surface area contributed by atoms with Crippen molar-refractivity contribution in [3.63, 3.8) is 0 Å². The molecule has 1 aliphatic carbocycles. The molecule has 0 spiro atoms. The smallest absolute Gasteiger partial charge is 0.278 e. The van der Waals surface area contributed by atoms with Crippen LogP contribution >= 0.6 is 11.8 Å². The first-order valence-electron chi connectivity index (χ1n) is 6.98. The molecule has 1 aliphatic rings. The number of nitrogens with two attached hydrogens (primary N) is 1. The van der Waals surface area contributed by atoms with Crippen LogP contribution in [0.25, 0.3) is 11.6 Å². The van der Waals surface area contributed by atoms with Crippen LogP contribution in [0.2, 0.25) is 0 Å². The number of aromatic nitrogens is 3. The van der Waals surface area contributed by atoms with Crippen LogP contribution in [0.4, 0.5) is 5.69 Å². The van der Waals surface area contributed by atoms with Gasteiger partial charge in [0.15, 0.2) is 11.5 Å². The van der Waals surface area contributed by atoms with Crippen molar-refractivity contribution in [2.45, 2.75) is 43.1 Å². The van der Waals surface area contributed by atoms with Crippen LogP contribution in [0.3, 0.4) is 0 Å². The number of pyridine rings is 1. The number of thioether (sulfide) groups is 1. The van der Waals surface area contributed by atoms with Gasteiger partial charge in [0.1, 0.15) is 0 Å². The SMILES string of the molecule is Nc1cccnc1-c1nc(CSC2CCCCC2)no1. The zero-order chi connectivity index (χ0) is 13.8. The molecule has 0 radical (unpaired) electrons. The quantitative estimate of drug-likeness (QED) is 0.931. The first kappa shape index (κ1) is 13.4. The minimum absolute atomic E-state index is 0.405. The van der Waals surface area contributed by atoms with Gasteiger partial charge in [0, 0.05) is 11.4 Å². The molecule has 1 saturated carbocycles. The van der Waals surface area contributed by atoms with E-state index in [9.17, 15) is 0 Å². The van der Waals surface area contributed by atoms with Gasteiger partial charge in [0.2, 0.25) is 0 Å². The summed E-state index contributed by atoms with van der Waals surface area (Å²) in [5.41, 5.74) is 6.98. The second-order valence-corrected chi connectivity index (χ2v) is 6.32. The van der Waals surface area contributed by atoms with E-state index >= 15 is 0 Å². The van der Waals surface area contributed by atoms with E-state index in [0.29, 0.717) is 17.3 Å². The van der Waals surface area contributed by atoms with E-state index in [-0.39, 0.29) is 0 Å². The average molecular weight is 290 g/mol. The van der Waals surface area contributed by atoms with E-state index < -0.39 is 0 Å². The normalized spacial score (nSPS) is 16.4. The van der Waals surface area contributed by atoms with E-state index in [1.54, 1.807) is 18.3 Å². The maximum Gasteiger partial charge on any atom is 0.278 e. The zero-order valence-electron chi connectivity index (χ0n) is 11.3. The Bertz CT molecular complexity index is 566. The first-order chi connectivity index (χ1) is 9.83. The third-order valence-corrected chi connectivity index (χ3v) is 4.88. The molecule has 2 aromatic rings. The topological polar surface area (TPSA) is 77.8 Å². The van der Waals surface area contributed by atoms with Crippen LogP contribution in [0.1, 0.15) is 37.9 Å². The maximum atomic E-state index is 5.86. The van der Waals surface area contributed by atoms with Gasteiger partial charge in [-0.1, -0.05) is 24.4 Å². The van der Waals surface area contributed by atoms with E-state index in [1.807, 2.05) is 11.8 Å². The molecule has 5 nitrogen and oxygen atoms in total. The molecule has 0 unspecified atom stereocenters. The fourth-order valence-corrected chi connectivity index (χ4v) is 3.60.